The maximum absolute atomic E-state index is 13.2. The molecule has 148 valence electrons. The summed E-state index contributed by atoms with van der Waals surface area (Å²) in [7, 11) is 0. The average Bonchev–Trinajstić information content (AvgIpc) is 3.55. The van der Waals surface area contributed by atoms with E-state index in [-0.39, 0.29) is 5.91 Å². The minimum Gasteiger partial charge on any atom is -0.355 e. The van der Waals surface area contributed by atoms with Crippen LogP contribution in [0.2, 0.25) is 0 Å². The molecule has 0 atom stereocenters. The number of amides is 1. The van der Waals surface area contributed by atoms with Gasteiger partial charge in [-0.25, -0.2) is 0 Å². The largest absolute Gasteiger partial charge is 0.355 e. The highest BCUT2D eigenvalue weighted by molar-refractivity contribution is 6.00. The fraction of sp³-hybridized carbons (Fsp3) is 0.458. The van der Waals surface area contributed by atoms with Crippen LogP contribution in [0.25, 0.3) is 0 Å². The normalized spacial score (nSPS) is 17.6. The molecular formula is C24H31N3O. The first-order valence-corrected chi connectivity index (χ1v) is 10.6. The molecular weight excluding hydrogens is 346 g/mol. The van der Waals surface area contributed by atoms with Gasteiger partial charge in [0.2, 0.25) is 0 Å². The van der Waals surface area contributed by atoms with Crippen molar-refractivity contribution in [2.45, 2.75) is 45.6 Å². The number of piperidine rings is 1. The highest BCUT2D eigenvalue weighted by atomic mass is 16.2. The molecule has 28 heavy (non-hydrogen) atoms. The molecule has 1 saturated heterocycles. The lowest BCUT2D eigenvalue weighted by atomic mass is 10.0. The highest BCUT2D eigenvalue weighted by Gasteiger charge is 2.27. The quantitative estimate of drug-likeness (QED) is 0.770. The number of likely N-dealkylation sites (tertiary alicyclic amines) is 1. The molecule has 1 aliphatic heterocycles. The lowest BCUT2D eigenvalue weighted by Crippen LogP contribution is -2.45. The van der Waals surface area contributed by atoms with E-state index in [2.05, 4.69) is 42.7 Å². The van der Waals surface area contributed by atoms with Gasteiger partial charge in [-0.2, -0.15) is 0 Å². The van der Waals surface area contributed by atoms with Gasteiger partial charge in [-0.15, -0.1) is 0 Å². The molecule has 0 bridgehead atoms. The molecule has 2 aromatic carbocycles. The lowest BCUT2D eigenvalue weighted by Gasteiger charge is -2.33. The van der Waals surface area contributed by atoms with E-state index >= 15 is 0 Å². The number of nitrogens with one attached hydrogen (secondary N) is 2. The summed E-state index contributed by atoms with van der Waals surface area (Å²) >= 11 is 0. The van der Waals surface area contributed by atoms with Gasteiger partial charge in [-0.1, -0.05) is 24.3 Å². The Hall–Kier alpha value is -2.33. The standard InChI is InChI=1S/C24H31N3O/c1-17-6-5-9-22(18(17)2)26-23-8-4-3-7-21(23)24(28)27-14-12-20(13-15-27)25-16-19-10-11-19/h3-9,19-20,25-26H,10-16H2,1-2H3. The first-order valence-electron chi connectivity index (χ1n) is 10.6. The molecule has 1 saturated carbocycles. The van der Waals surface area contributed by atoms with Gasteiger partial charge in [-0.3, -0.25) is 4.79 Å². The maximum Gasteiger partial charge on any atom is 0.255 e. The zero-order valence-electron chi connectivity index (χ0n) is 17.0. The van der Waals surface area contributed by atoms with Crippen LogP contribution in [0.15, 0.2) is 42.5 Å². The molecule has 0 aromatic heterocycles. The van der Waals surface area contributed by atoms with Crippen molar-refractivity contribution in [2.75, 3.05) is 25.0 Å². The van der Waals surface area contributed by atoms with Gasteiger partial charge in [0.1, 0.15) is 0 Å². The van der Waals surface area contributed by atoms with Crippen LogP contribution in [0.4, 0.5) is 11.4 Å². The van der Waals surface area contributed by atoms with Gasteiger partial charge in [0.05, 0.1) is 11.3 Å². The molecule has 1 amide bonds. The number of aryl methyl sites for hydroxylation is 1. The predicted molar refractivity (Wildman–Crippen MR) is 115 cm³/mol. The van der Waals surface area contributed by atoms with Crippen LogP contribution in [0.1, 0.15) is 47.2 Å². The van der Waals surface area contributed by atoms with Gasteiger partial charge in [0.25, 0.3) is 5.91 Å². The molecule has 0 spiro atoms. The second-order valence-electron chi connectivity index (χ2n) is 8.34. The zero-order chi connectivity index (χ0) is 19.5. The molecule has 4 rings (SSSR count). The first kappa shape index (κ1) is 19.0. The Bertz CT molecular complexity index is 835. The predicted octanol–water partition coefficient (Wildman–Crippen LogP) is 4.65. The van der Waals surface area contributed by atoms with Crippen LogP contribution in [0.5, 0.6) is 0 Å². The third kappa shape index (κ3) is 4.39. The van der Waals surface area contributed by atoms with Crippen LogP contribution in [0.3, 0.4) is 0 Å². The topological polar surface area (TPSA) is 44.4 Å². The monoisotopic (exact) mass is 377 g/mol. The minimum absolute atomic E-state index is 0.133. The van der Waals surface area contributed by atoms with Gasteiger partial charge in [0, 0.05) is 24.8 Å². The summed E-state index contributed by atoms with van der Waals surface area (Å²) in [6, 6.07) is 14.7. The van der Waals surface area contributed by atoms with Gasteiger partial charge in [-0.05, 0) is 81.3 Å². The van der Waals surface area contributed by atoms with Crippen LogP contribution < -0.4 is 10.6 Å². The van der Waals surface area contributed by atoms with Crippen LogP contribution >= 0.6 is 0 Å². The Balaban J connectivity index is 1.42. The van der Waals surface area contributed by atoms with Crippen molar-refractivity contribution in [2.24, 2.45) is 5.92 Å². The van der Waals surface area contributed by atoms with E-state index in [0.29, 0.717) is 6.04 Å². The van der Waals surface area contributed by atoms with Crippen molar-refractivity contribution in [1.82, 2.24) is 10.2 Å². The number of carbonyl (C=O) groups is 1. The fourth-order valence-corrected chi connectivity index (χ4v) is 3.92. The maximum atomic E-state index is 13.2. The molecule has 2 N–H and O–H groups in total. The van der Waals surface area contributed by atoms with Crippen molar-refractivity contribution >= 4 is 17.3 Å². The van der Waals surface area contributed by atoms with Crippen molar-refractivity contribution < 1.29 is 4.79 Å². The molecule has 2 aliphatic rings. The average molecular weight is 378 g/mol. The second kappa shape index (κ2) is 8.36. The Labute approximate surface area is 168 Å². The van der Waals surface area contributed by atoms with E-state index in [9.17, 15) is 4.79 Å². The number of hydrogen-bond acceptors (Lipinski definition) is 3. The van der Waals surface area contributed by atoms with E-state index in [0.717, 1.165) is 55.3 Å². The summed E-state index contributed by atoms with van der Waals surface area (Å²) in [4.78, 5) is 15.2. The Morgan fingerprint density at radius 1 is 0.964 bits per heavy atom. The summed E-state index contributed by atoms with van der Waals surface area (Å²) < 4.78 is 0. The van der Waals surface area contributed by atoms with Crippen LogP contribution in [-0.4, -0.2) is 36.5 Å². The molecule has 4 heteroatoms. The van der Waals surface area contributed by atoms with E-state index in [1.807, 2.05) is 29.2 Å². The lowest BCUT2D eigenvalue weighted by molar-refractivity contribution is 0.0706. The summed E-state index contributed by atoms with van der Waals surface area (Å²) in [5.74, 6) is 1.04. The smallest absolute Gasteiger partial charge is 0.255 e. The minimum atomic E-state index is 0.133. The molecule has 1 aliphatic carbocycles. The van der Waals surface area contributed by atoms with Crippen molar-refractivity contribution in [3.8, 4) is 0 Å². The van der Waals surface area contributed by atoms with Crippen LogP contribution in [-0.2, 0) is 0 Å². The number of carbonyl (C=O) groups excluding carboxylic acids is 1. The second-order valence-corrected chi connectivity index (χ2v) is 8.34. The van der Waals surface area contributed by atoms with Gasteiger partial charge in [0.15, 0.2) is 0 Å². The summed E-state index contributed by atoms with van der Waals surface area (Å²) in [6.07, 6.45) is 4.86. The number of para-hydroxylation sites is 1. The third-order valence-electron chi connectivity index (χ3n) is 6.21. The SMILES string of the molecule is Cc1cccc(Nc2ccccc2C(=O)N2CCC(NCC3CC3)CC2)c1C. The van der Waals surface area contributed by atoms with E-state index in [1.165, 1.54) is 24.0 Å². The van der Waals surface area contributed by atoms with Crippen molar-refractivity contribution in [1.29, 1.82) is 0 Å². The Morgan fingerprint density at radius 3 is 2.43 bits per heavy atom. The molecule has 1 heterocycles. The number of anilines is 2. The van der Waals surface area contributed by atoms with Gasteiger partial charge < -0.3 is 15.5 Å². The van der Waals surface area contributed by atoms with Crippen molar-refractivity contribution in [3.63, 3.8) is 0 Å². The fourth-order valence-electron chi connectivity index (χ4n) is 3.92. The summed E-state index contributed by atoms with van der Waals surface area (Å²) in [5.41, 5.74) is 5.16. The third-order valence-corrected chi connectivity index (χ3v) is 6.21. The summed E-state index contributed by atoms with van der Waals surface area (Å²) in [5, 5.41) is 7.18. The highest BCUT2D eigenvalue weighted by Crippen LogP contribution is 2.29. The molecule has 0 unspecified atom stereocenters. The van der Waals surface area contributed by atoms with Crippen molar-refractivity contribution in [3.05, 3.63) is 59.2 Å². The van der Waals surface area contributed by atoms with E-state index in [1.54, 1.807) is 0 Å². The Morgan fingerprint density at radius 2 is 1.68 bits per heavy atom. The molecule has 2 aromatic rings. The molecule has 0 radical (unpaired) electrons. The van der Waals surface area contributed by atoms with Gasteiger partial charge >= 0.3 is 0 Å². The Kier molecular flexibility index (Phi) is 5.67. The first-order chi connectivity index (χ1) is 13.6. The number of nitrogens with zero attached hydrogens (tertiary/aromatic N) is 1. The van der Waals surface area contributed by atoms with E-state index in [4.69, 9.17) is 0 Å². The number of benzene rings is 2. The zero-order valence-corrected chi connectivity index (χ0v) is 17.0. The van der Waals surface area contributed by atoms with E-state index < -0.39 is 0 Å². The number of hydrogen-bond donors (Lipinski definition) is 2. The molecule has 4 nitrogen and oxygen atoms in total. The van der Waals surface area contributed by atoms with Crippen LogP contribution in [0, 0.1) is 19.8 Å². The molecule has 2 fully saturated rings. The summed E-state index contributed by atoms with van der Waals surface area (Å²) in [6.45, 7) is 7.04. The number of rotatable bonds is 6.